The molecule has 0 amide bonds. The first-order valence-corrected chi connectivity index (χ1v) is 6.35. The zero-order valence-corrected chi connectivity index (χ0v) is 12.4. The van der Waals surface area contributed by atoms with Crippen molar-refractivity contribution in [1.82, 2.24) is 10.3 Å². The van der Waals surface area contributed by atoms with Crippen LogP contribution in [-0.2, 0) is 0 Å². The Balaban J connectivity index is 2.62. The lowest BCUT2D eigenvalue weighted by atomic mass is 10.1. The largest absolute Gasteiger partial charge is 0.481 e. The summed E-state index contributed by atoms with van der Waals surface area (Å²) in [5.41, 5.74) is 1.38. The molecule has 1 N–H and O–H groups in total. The van der Waals surface area contributed by atoms with Crippen molar-refractivity contribution in [3.63, 3.8) is 0 Å². The van der Waals surface area contributed by atoms with Crippen LogP contribution in [0.4, 0.5) is 5.82 Å². The Bertz CT molecular complexity index is 507. The summed E-state index contributed by atoms with van der Waals surface area (Å²) < 4.78 is 5.44. The standard InChI is InChI=1S/C14H21N3O3/c1-10(8-15-14(3,4)5)9-20-12-7-6-11(2)16-13(12)17(18)19/h6-7,15H,1,8-9H2,2-5H3. The summed E-state index contributed by atoms with van der Waals surface area (Å²) in [5.74, 6) is -0.0981. The number of pyridine rings is 1. The topological polar surface area (TPSA) is 77.3 Å². The molecule has 0 aliphatic rings. The van der Waals surface area contributed by atoms with Gasteiger partial charge in [-0.25, -0.2) is 0 Å². The van der Waals surface area contributed by atoms with Crippen LogP contribution in [0.1, 0.15) is 26.5 Å². The van der Waals surface area contributed by atoms with E-state index < -0.39 is 4.92 Å². The highest BCUT2D eigenvalue weighted by Crippen LogP contribution is 2.24. The summed E-state index contributed by atoms with van der Waals surface area (Å²) in [7, 11) is 0. The van der Waals surface area contributed by atoms with Gasteiger partial charge in [-0.05, 0) is 48.4 Å². The number of ether oxygens (including phenoxy) is 1. The molecule has 6 heteroatoms. The predicted octanol–water partition coefficient (Wildman–Crippen LogP) is 2.62. The fourth-order valence-electron chi connectivity index (χ4n) is 1.39. The van der Waals surface area contributed by atoms with Gasteiger partial charge in [0.25, 0.3) is 0 Å². The van der Waals surface area contributed by atoms with E-state index in [4.69, 9.17) is 4.74 Å². The maximum Gasteiger partial charge on any atom is 0.406 e. The minimum atomic E-state index is -0.543. The molecule has 0 spiro atoms. The molecule has 0 atom stereocenters. The van der Waals surface area contributed by atoms with Gasteiger partial charge in [0.2, 0.25) is 5.75 Å². The van der Waals surface area contributed by atoms with Gasteiger partial charge >= 0.3 is 5.82 Å². The molecule has 0 aliphatic heterocycles. The van der Waals surface area contributed by atoms with Crippen LogP contribution in [0.15, 0.2) is 24.3 Å². The van der Waals surface area contributed by atoms with Crippen LogP contribution in [0.5, 0.6) is 5.75 Å². The summed E-state index contributed by atoms with van der Waals surface area (Å²) in [6.07, 6.45) is 0. The molecule has 0 unspecified atom stereocenters. The van der Waals surface area contributed by atoms with Crippen molar-refractivity contribution in [3.05, 3.63) is 40.1 Å². The second-order valence-corrected chi connectivity index (χ2v) is 5.67. The summed E-state index contributed by atoms with van der Waals surface area (Å²) >= 11 is 0. The zero-order chi connectivity index (χ0) is 15.3. The highest BCUT2D eigenvalue weighted by atomic mass is 16.6. The molecular formula is C14H21N3O3. The van der Waals surface area contributed by atoms with Crippen molar-refractivity contribution in [2.24, 2.45) is 0 Å². The summed E-state index contributed by atoms with van der Waals surface area (Å²) in [5, 5.41) is 14.2. The van der Waals surface area contributed by atoms with Crippen LogP contribution in [0.3, 0.4) is 0 Å². The van der Waals surface area contributed by atoms with Gasteiger partial charge in [-0.1, -0.05) is 6.58 Å². The average molecular weight is 279 g/mol. The highest BCUT2D eigenvalue weighted by Gasteiger charge is 2.18. The van der Waals surface area contributed by atoms with E-state index in [0.29, 0.717) is 12.2 Å². The van der Waals surface area contributed by atoms with E-state index in [0.717, 1.165) is 5.57 Å². The van der Waals surface area contributed by atoms with Gasteiger partial charge in [0.15, 0.2) is 0 Å². The van der Waals surface area contributed by atoms with Crippen molar-refractivity contribution in [1.29, 1.82) is 0 Å². The molecule has 0 saturated carbocycles. The van der Waals surface area contributed by atoms with Crippen molar-refractivity contribution < 1.29 is 9.66 Å². The van der Waals surface area contributed by atoms with Crippen LogP contribution in [0.2, 0.25) is 0 Å². The first-order chi connectivity index (χ1) is 9.19. The Kier molecular flexibility index (Phi) is 5.21. The first kappa shape index (κ1) is 16.1. The number of aromatic nitrogens is 1. The molecule has 6 nitrogen and oxygen atoms in total. The average Bonchev–Trinajstić information content (AvgIpc) is 2.33. The van der Waals surface area contributed by atoms with Crippen LogP contribution < -0.4 is 10.1 Å². The number of aryl methyl sites for hydroxylation is 1. The molecule has 1 rings (SSSR count). The van der Waals surface area contributed by atoms with Crippen molar-refractivity contribution in [2.45, 2.75) is 33.2 Å². The number of rotatable bonds is 6. The van der Waals surface area contributed by atoms with Gasteiger partial charge in [-0.3, -0.25) is 0 Å². The molecule has 1 aromatic rings. The van der Waals surface area contributed by atoms with Crippen molar-refractivity contribution >= 4 is 5.82 Å². The lowest BCUT2D eigenvalue weighted by Gasteiger charge is -2.21. The first-order valence-electron chi connectivity index (χ1n) is 6.35. The monoisotopic (exact) mass is 279 g/mol. The molecule has 20 heavy (non-hydrogen) atoms. The Morgan fingerprint density at radius 1 is 1.50 bits per heavy atom. The third-order valence-corrected chi connectivity index (χ3v) is 2.45. The summed E-state index contributed by atoms with van der Waals surface area (Å²) in [6.45, 7) is 12.5. The maximum atomic E-state index is 10.9. The number of nitrogens with zero attached hydrogens (tertiary/aromatic N) is 2. The SMILES string of the molecule is C=C(CNC(C)(C)C)COc1ccc(C)nc1[N+](=O)[O-]. The van der Waals surface area contributed by atoms with Crippen LogP contribution in [0.25, 0.3) is 0 Å². The molecule has 1 heterocycles. The normalized spacial score (nSPS) is 11.2. The summed E-state index contributed by atoms with van der Waals surface area (Å²) in [4.78, 5) is 14.2. The van der Waals surface area contributed by atoms with Gasteiger partial charge in [-0.15, -0.1) is 0 Å². The minimum Gasteiger partial charge on any atom is -0.481 e. The van der Waals surface area contributed by atoms with Gasteiger partial charge < -0.3 is 20.2 Å². The second-order valence-electron chi connectivity index (χ2n) is 5.67. The Morgan fingerprint density at radius 2 is 2.15 bits per heavy atom. The van der Waals surface area contributed by atoms with Crippen LogP contribution in [0, 0.1) is 17.0 Å². The van der Waals surface area contributed by atoms with Crippen molar-refractivity contribution in [2.75, 3.05) is 13.2 Å². The smallest absolute Gasteiger partial charge is 0.406 e. The summed E-state index contributed by atoms with van der Waals surface area (Å²) in [6, 6.07) is 3.24. The maximum absolute atomic E-state index is 10.9. The molecule has 0 aromatic carbocycles. The number of nitrogens with one attached hydrogen (secondary N) is 1. The number of hydrogen-bond acceptors (Lipinski definition) is 5. The highest BCUT2D eigenvalue weighted by molar-refractivity contribution is 5.40. The van der Waals surface area contributed by atoms with Gasteiger partial charge in [-0.2, -0.15) is 0 Å². The second kappa shape index (κ2) is 6.47. The molecule has 0 radical (unpaired) electrons. The fourth-order valence-corrected chi connectivity index (χ4v) is 1.39. The molecule has 0 fully saturated rings. The Morgan fingerprint density at radius 3 is 2.70 bits per heavy atom. The third-order valence-electron chi connectivity index (χ3n) is 2.45. The van der Waals surface area contributed by atoms with Gasteiger partial charge in [0.05, 0.1) is 0 Å². The minimum absolute atomic E-state index is 0.0135. The van der Waals surface area contributed by atoms with Crippen LogP contribution >= 0.6 is 0 Å². The lowest BCUT2D eigenvalue weighted by molar-refractivity contribution is -0.390. The van der Waals surface area contributed by atoms with E-state index >= 15 is 0 Å². The lowest BCUT2D eigenvalue weighted by Crippen LogP contribution is -2.37. The van der Waals surface area contributed by atoms with E-state index in [2.05, 4.69) is 37.7 Å². The molecule has 0 aliphatic carbocycles. The van der Waals surface area contributed by atoms with Crippen LogP contribution in [-0.4, -0.2) is 28.6 Å². The quantitative estimate of drug-likeness (QED) is 0.492. The molecule has 0 bridgehead atoms. The van der Waals surface area contributed by atoms with Gasteiger partial charge in [0, 0.05) is 19.0 Å². The van der Waals surface area contributed by atoms with Gasteiger partial charge in [0.1, 0.15) is 12.3 Å². The fraction of sp³-hybridized carbons (Fsp3) is 0.500. The van der Waals surface area contributed by atoms with Crippen molar-refractivity contribution in [3.8, 4) is 5.75 Å². The Hall–Kier alpha value is -1.95. The molecule has 110 valence electrons. The van der Waals surface area contributed by atoms with E-state index in [1.165, 1.54) is 0 Å². The predicted molar refractivity (Wildman–Crippen MR) is 78.0 cm³/mol. The van der Waals surface area contributed by atoms with E-state index in [1.807, 2.05) is 0 Å². The van der Waals surface area contributed by atoms with E-state index in [9.17, 15) is 10.1 Å². The molecule has 1 aromatic heterocycles. The molecular weight excluding hydrogens is 258 g/mol. The number of nitro groups is 1. The third kappa shape index (κ3) is 5.36. The molecule has 0 saturated heterocycles. The number of hydrogen-bond donors (Lipinski definition) is 1. The zero-order valence-electron chi connectivity index (χ0n) is 12.4. The van der Waals surface area contributed by atoms with E-state index in [1.54, 1.807) is 19.1 Å². The Labute approximate surface area is 119 Å². The van der Waals surface area contributed by atoms with E-state index in [-0.39, 0.29) is 23.7 Å².